The smallest absolute Gasteiger partial charge is 0.256 e. The fourth-order valence-electron chi connectivity index (χ4n) is 1.42. The number of hydrogen-bond acceptors (Lipinski definition) is 3. The normalized spacial score (nSPS) is 10.4. The van der Waals surface area contributed by atoms with Crippen LogP contribution < -0.4 is 11.1 Å². The molecule has 0 atom stereocenters. The first-order chi connectivity index (χ1) is 8.49. The van der Waals surface area contributed by atoms with E-state index in [0.717, 1.165) is 6.07 Å². The molecule has 0 saturated carbocycles. The highest BCUT2D eigenvalue weighted by Crippen LogP contribution is 2.19. The molecule has 0 spiro atoms. The second-order valence-corrected chi connectivity index (χ2v) is 4.06. The van der Waals surface area contributed by atoms with Gasteiger partial charge in [-0.2, -0.15) is 5.10 Å². The van der Waals surface area contributed by atoms with Crippen LogP contribution in [0.4, 0.5) is 15.9 Å². The fraction of sp³-hybridized carbons (Fsp3) is 0.0909. The zero-order valence-corrected chi connectivity index (χ0v) is 10.2. The third-order valence-electron chi connectivity index (χ3n) is 2.38. The maximum Gasteiger partial charge on any atom is 0.256 e. The molecule has 5 nitrogen and oxygen atoms in total. The maximum absolute atomic E-state index is 13.2. The Bertz CT molecular complexity index is 592. The quantitative estimate of drug-likeness (QED) is 0.875. The molecule has 3 N–H and O–H groups in total. The lowest BCUT2D eigenvalue weighted by Crippen LogP contribution is -2.15. The average molecular weight is 269 g/mol. The van der Waals surface area contributed by atoms with Crippen molar-refractivity contribution in [2.45, 2.75) is 0 Å². The van der Waals surface area contributed by atoms with Gasteiger partial charge in [-0.1, -0.05) is 11.6 Å². The van der Waals surface area contributed by atoms with Crippen LogP contribution in [0, 0.1) is 5.82 Å². The molecule has 2 rings (SSSR count). The summed E-state index contributed by atoms with van der Waals surface area (Å²) in [6, 6.07) is 3.80. The molecule has 1 aromatic heterocycles. The molecule has 18 heavy (non-hydrogen) atoms. The van der Waals surface area contributed by atoms with Crippen molar-refractivity contribution in [1.82, 2.24) is 9.78 Å². The van der Waals surface area contributed by atoms with Gasteiger partial charge in [-0.25, -0.2) is 4.39 Å². The van der Waals surface area contributed by atoms with Gasteiger partial charge in [-0.3, -0.25) is 9.48 Å². The highest BCUT2D eigenvalue weighted by Gasteiger charge is 2.13. The Balaban J connectivity index is 2.25. The van der Waals surface area contributed by atoms with Gasteiger partial charge in [0.25, 0.3) is 5.91 Å². The van der Waals surface area contributed by atoms with Crippen LogP contribution in [0.5, 0.6) is 0 Å². The van der Waals surface area contributed by atoms with Gasteiger partial charge in [-0.05, 0) is 18.2 Å². The summed E-state index contributed by atoms with van der Waals surface area (Å²) >= 11 is 5.54. The molecule has 1 amide bonds. The third-order valence-corrected chi connectivity index (χ3v) is 2.69. The van der Waals surface area contributed by atoms with Crippen molar-refractivity contribution < 1.29 is 9.18 Å². The Morgan fingerprint density at radius 3 is 2.83 bits per heavy atom. The van der Waals surface area contributed by atoms with Gasteiger partial charge < -0.3 is 11.1 Å². The molecule has 1 aromatic carbocycles. The first-order valence-electron chi connectivity index (χ1n) is 5.03. The predicted molar refractivity (Wildman–Crippen MR) is 67.0 cm³/mol. The summed E-state index contributed by atoms with van der Waals surface area (Å²) in [7, 11) is 1.63. The molecule has 0 radical (unpaired) electrons. The number of benzene rings is 1. The molecule has 7 heteroatoms. The predicted octanol–water partition coefficient (Wildman–Crippen LogP) is 2.05. The topological polar surface area (TPSA) is 72.9 Å². The molecule has 0 bridgehead atoms. The molecule has 0 aliphatic carbocycles. The Morgan fingerprint density at radius 2 is 2.28 bits per heavy atom. The van der Waals surface area contributed by atoms with E-state index in [4.69, 9.17) is 17.3 Å². The van der Waals surface area contributed by atoms with E-state index >= 15 is 0 Å². The van der Waals surface area contributed by atoms with Crippen molar-refractivity contribution in [2.75, 3.05) is 11.1 Å². The Morgan fingerprint density at radius 1 is 1.56 bits per heavy atom. The molecule has 0 saturated heterocycles. The number of aryl methyl sites for hydroxylation is 1. The number of nitrogen functional groups attached to an aromatic ring is 1. The largest absolute Gasteiger partial charge is 0.394 e. The van der Waals surface area contributed by atoms with Crippen LogP contribution in [0.2, 0.25) is 5.02 Å². The van der Waals surface area contributed by atoms with Crippen molar-refractivity contribution in [3.05, 3.63) is 40.8 Å². The lowest BCUT2D eigenvalue weighted by atomic mass is 10.2. The summed E-state index contributed by atoms with van der Waals surface area (Å²) in [5, 5.41) is 6.39. The zero-order chi connectivity index (χ0) is 13.3. The summed E-state index contributed by atoms with van der Waals surface area (Å²) in [6.45, 7) is 0. The van der Waals surface area contributed by atoms with Crippen LogP contribution in [0.15, 0.2) is 24.4 Å². The maximum atomic E-state index is 13.2. The SMILES string of the molecule is Cn1ncc(N)c1NC(=O)c1ccc(Cl)c(F)c1. The lowest BCUT2D eigenvalue weighted by molar-refractivity contribution is 0.102. The number of carbonyl (C=O) groups is 1. The van der Waals surface area contributed by atoms with Crippen molar-refractivity contribution in [3.63, 3.8) is 0 Å². The summed E-state index contributed by atoms with van der Waals surface area (Å²) in [5.41, 5.74) is 6.11. The molecular weight excluding hydrogens is 259 g/mol. The van der Waals surface area contributed by atoms with Gasteiger partial charge in [-0.15, -0.1) is 0 Å². The van der Waals surface area contributed by atoms with Crippen molar-refractivity contribution >= 4 is 29.0 Å². The van der Waals surface area contributed by atoms with E-state index in [2.05, 4.69) is 10.4 Å². The minimum absolute atomic E-state index is 0.0356. The first-order valence-corrected chi connectivity index (χ1v) is 5.40. The van der Waals surface area contributed by atoms with Crippen molar-refractivity contribution in [3.8, 4) is 0 Å². The number of aromatic nitrogens is 2. The van der Waals surface area contributed by atoms with E-state index in [-0.39, 0.29) is 10.6 Å². The second-order valence-electron chi connectivity index (χ2n) is 3.66. The molecule has 0 aliphatic heterocycles. The Labute approximate surface area is 107 Å². The number of amides is 1. The minimum Gasteiger partial charge on any atom is -0.394 e. The van der Waals surface area contributed by atoms with E-state index in [0.29, 0.717) is 11.5 Å². The molecule has 0 fully saturated rings. The van der Waals surface area contributed by atoms with Crippen LogP contribution in [0.1, 0.15) is 10.4 Å². The van der Waals surface area contributed by atoms with Gasteiger partial charge in [0.05, 0.1) is 16.9 Å². The molecule has 2 aromatic rings. The average Bonchev–Trinajstić information content (AvgIpc) is 2.64. The highest BCUT2D eigenvalue weighted by molar-refractivity contribution is 6.30. The summed E-state index contributed by atoms with van der Waals surface area (Å²) < 4.78 is 14.6. The van der Waals surface area contributed by atoms with Crippen LogP contribution in [-0.2, 0) is 7.05 Å². The monoisotopic (exact) mass is 268 g/mol. The van der Waals surface area contributed by atoms with E-state index in [9.17, 15) is 9.18 Å². The first kappa shape index (κ1) is 12.4. The Hall–Kier alpha value is -2.08. The molecular formula is C11H10ClFN4O. The zero-order valence-electron chi connectivity index (χ0n) is 9.45. The number of carbonyl (C=O) groups excluding carboxylic acids is 1. The summed E-state index contributed by atoms with van der Waals surface area (Å²) in [5.74, 6) is -0.779. The van der Waals surface area contributed by atoms with E-state index < -0.39 is 11.7 Å². The van der Waals surface area contributed by atoms with Crippen LogP contribution in [0.25, 0.3) is 0 Å². The second kappa shape index (κ2) is 4.66. The highest BCUT2D eigenvalue weighted by atomic mass is 35.5. The standard InChI is InChI=1S/C11H10ClFN4O/c1-17-10(9(14)5-15-17)16-11(18)6-2-3-7(12)8(13)4-6/h2-5H,14H2,1H3,(H,16,18). The molecule has 1 heterocycles. The van der Waals surface area contributed by atoms with Gasteiger partial charge in [0.1, 0.15) is 5.82 Å². The van der Waals surface area contributed by atoms with Crippen LogP contribution in [-0.4, -0.2) is 15.7 Å². The van der Waals surface area contributed by atoms with Gasteiger partial charge in [0, 0.05) is 12.6 Å². The number of nitrogens with two attached hydrogens (primary N) is 1. The van der Waals surface area contributed by atoms with Gasteiger partial charge >= 0.3 is 0 Å². The summed E-state index contributed by atoms with van der Waals surface area (Å²) in [6.07, 6.45) is 1.41. The molecule has 0 unspecified atom stereocenters. The number of halogens is 2. The van der Waals surface area contributed by atoms with Crippen LogP contribution >= 0.6 is 11.6 Å². The minimum atomic E-state index is -0.651. The fourth-order valence-corrected chi connectivity index (χ4v) is 1.54. The number of nitrogens with zero attached hydrogens (tertiary/aromatic N) is 2. The van der Waals surface area contributed by atoms with Crippen LogP contribution in [0.3, 0.4) is 0 Å². The Kier molecular flexibility index (Phi) is 3.20. The number of rotatable bonds is 2. The van der Waals surface area contributed by atoms with Gasteiger partial charge in [0.15, 0.2) is 5.82 Å². The lowest BCUT2D eigenvalue weighted by Gasteiger charge is -2.07. The van der Waals surface area contributed by atoms with E-state index in [1.165, 1.54) is 23.0 Å². The number of hydrogen-bond donors (Lipinski definition) is 2. The number of nitrogens with one attached hydrogen (secondary N) is 1. The third kappa shape index (κ3) is 2.28. The number of anilines is 2. The van der Waals surface area contributed by atoms with Crippen molar-refractivity contribution in [1.29, 1.82) is 0 Å². The van der Waals surface area contributed by atoms with Gasteiger partial charge in [0.2, 0.25) is 0 Å². The van der Waals surface area contributed by atoms with Crippen molar-refractivity contribution in [2.24, 2.45) is 7.05 Å². The molecule has 94 valence electrons. The summed E-state index contributed by atoms with van der Waals surface area (Å²) in [4.78, 5) is 11.9. The van der Waals surface area contributed by atoms with E-state index in [1.54, 1.807) is 7.05 Å². The molecule has 0 aliphatic rings. The van der Waals surface area contributed by atoms with E-state index in [1.807, 2.05) is 0 Å².